The van der Waals surface area contributed by atoms with Gasteiger partial charge < -0.3 is 23.7 Å². The van der Waals surface area contributed by atoms with E-state index >= 15 is 0 Å². The van der Waals surface area contributed by atoms with Crippen molar-refractivity contribution in [1.29, 1.82) is 0 Å². The number of hydrogen-bond donors (Lipinski definition) is 1. The topological polar surface area (TPSA) is 91.0 Å². The molecule has 0 bridgehead atoms. The van der Waals surface area contributed by atoms with Crippen LogP contribution in [0.1, 0.15) is 65.0 Å². The molecule has 0 radical (unpaired) electrons. The fraction of sp³-hybridized carbons (Fsp3) is 0.405. The number of ether oxygens (including phenoxy) is 3. The van der Waals surface area contributed by atoms with Gasteiger partial charge in [0.1, 0.15) is 11.5 Å². The molecule has 7 nitrogen and oxygen atoms in total. The average Bonchev–Trinajstić information content (AvgIpc) is 3.47. The van der Waals surface area contributed by atoms with Gasteiger partial charge in [0.05, 0.1) is 43.2 Å². The summed E-state index contributed by atoms with van der Waals surface area (Å²) in [6, 6.07) is 18.3. The molecule has 3 atom stereocenters. The van der Waals surface area contributed by atoms with Crippen LogP contribution < -0.4 is 0 Å². The minimum atomic E-state index is -4.56. The van der Waals surface area contributed by atoms with Gasteiger partial charge in [-0.3, -0.25) is 0 Å². The third-order valence-corrected chi connectivity index (χ3v) is 8.78. The predicted molar refractivity (Wildman–Crippen MR) is 180 cm³/mol. The van der Waals surface area contributed by atoms with Gasteiger partial charge in [-0.15, -0.1) is 0 Å². The molecular weight excluding hydrogens is 748 g/mol. The summed E-state index contributed by atoms with van der Waals surface area (Å²) in [6.45, 7) is 3.36. The number of oxazole rings is 1. The number of aryl methyl sites for hydroxylation is 2. The minimum Gasteiger partial charge on any atom is -0.479 e. The maximum atomic E-state index is 13.2. The van der Waals surface area contributed by atoms with E-state index in [0.29, 0.717) is 23.8 Å². The first-order valence-corrected chi connectivity index (χ1v) is 17.2. The third kappa shape index (κ3) is 11.9. The van der Waals surface area contributed by atoms with Crippen molar-refractivity contribution in [2.75, 3.05) is 6.61 Å². The molecule has 1 aliphatic carbocycles. The molecule has 4 aromatic rings. The van der Waals surface area contributed by atoms with Crippen LogP contribution in [0, 0.1) is 13.8 Å². The van der Waals surface area contributed by atoms with E-state index in [2.05, 4.69) is 20.9 Å². The number of benzene rings is 3. The number of carbonyl (C=O) groups is 1. The lowest BCUT2D eigenvalue weighted by molar-refractivity contribution is -0.159. The summed E-state index contributed by atoms with van der Waals surface area (Å²) < 4.78 is 99.4. The van der Waals surface area contributed by atoms with Crippen molar-refractivity contribution in [3.8, 4) is 11.5 Å². The summed E-state index contributed by atoms with van der Waals surface area (Å²) in [5.41, 5.74) is 1.44. The van der Waals surface area contributed by atoms with Gasteiger partial charge in [-0.2, -0.15) is 26.3 Å². The zero-order valence-corrected chi connectivity index (χ0v) is 29.5. The Hall–Kier alpha value is -3.72. The number of rotatable bonds is 12. The van der Waals surface area contributed by atoms with E-state index in [1.807, 2.05) is 38.1 Å². The number of alkyl halides is 7. The fourth-order valence-electron chi connectivity index (χ4n) is 5.51. The van der Waals surface area contributed by atoms with Gasteiger partial charge in [-0.1, -0.05) is 70.0 Å². The molecule has 0 amide bonds. The van der Waals surface area contributed by atoms with Crippen molar-refractivity contribution in [2.24, 2.45) is 0 Å². The summed E-state index contributed by atoms with van der Waals surface area (Å²) in [5.74, 6) is -0.0742. The number of nitrogens with zero attached hydrogens (tertiary/aromatic N) is 1. The van der Waals surface area contributed by atoms with Crippen LogP contribution in [0.2, 0.25) is 0 Å². The average molecular weight is 787 g/mol. The Morgan fingerprint density at radius 1 is 0.882 bits per heavy atom. The van der Waals surface area contributed by atoms with Gasteiger partial charge in [0, 0.05) is 10.9 Å². The Labute approximate surface area is 300 Å². The smallest absolute Gasteiger partial charge is 0.416 e. The Morgan fingerprint density at radius 2 is 1.49 bits per heavy atom. The lowest BCUT2D eigenvalue weighted by Gasteiger charge is -2.30. The van der Waals surface area contributed by atoms with Gasteiger partial charge in [0.25, 0.3) is 0 Å². The standard InChI is InChI=1S/C29H32F3NO6.C8H6BrF3/c1-18-7-5-9-20(13-18)27-33-25(19(2)39-27)16-36-22-10-6-11-23(14-22)37-17-26(28(34)35)38-15-21-8-3-4-12-24(21)29(30,31)32;9-5-6-3-1-2-4-7(6)8(10,11)12/h3-5,7-9,12-13,22-23,26H,6,10-11,14-17H2,1-2H3,(H,34,35);1-4H,5H2/t22-,23+,26?;/m0./s1. The molecule has 0 spiro atoms. The monoisotopic (exact) mass is 785 g/mol. The molecule has 1 N–H and O–H groups in total. The minimum absolute atomic E-state index is 0.106. The maximum absolute atomic E-state index is 13.2. The van der Waals surface area contributed by atoms with Crippen molar-refractivity contribution in [1.82, 2.24) is 4.98 Å². The first-order chi connectivity index (χ1) is 24.2. The fourth-order valence-corrected chi connectivity index (χ4v) is 5.99. The summed E-state index contributed by atoms with van der Waals surface area (Å²) in [6.07, 6.45) is -7.61. The Kier molecular flexibility index (Phi) is 14.3. The van der Waals surface area contributed by atoms with Crippen molar-refractivity contribution in [3.05, 3.63) is 112 Å². The van der Waals surface area contributed by atoms with E-state index in [4.69, 9.17) is 18.6 Å². The van der Waals surface area contributed by atoms with Gasteiger partial charge in [-0.05, 0) is 74.9 Å². The molecular formula is C37H38BrF6NO6. The second kappa shape index (κ2) is 18.2. The van der Waals surface area contributed by atoms with Gasteiger partial charge in [0.2, 0.25) is 5.89 Å². The van der Waals surface area contributed by atoms with Crippen LogP contribution in [0.3, 0.4) is 0 Å². The van der Waals surface area contributed by atoms with Crippen LogP contribution in [0.15, 0.2) is 77.2 Å². The van der Waals surface area contributed by atoms with Crippen LogP contribution in [0.4, 0.5) is 26.3 Å². The number of carboxylic acids is 1. The molecule has 276 valence electrons. The zero-order chi connectivity index (χ0) is 37.2. The van der Waals surface area contributed by atoms with Gasteiger partial charge >= 0.3 is 18.3 Å². The van der Waals surface area contributed by atoms with E-state index in [0.717, 1.165) is 42.5 Å². The highest BCUT2D eigenvalue weighted by Gasteiger charge is 2.34. The predicted octanol–water partition coefficient (Wildman–Crippen LogP) is 10.1. The van der Waals surface area contributed by atoms with Crippen LogP contribution in [0.5, 0.6) is 0 Å². The molecule has 1 saturated carbocycles. The molecule has 5 rings (SSSR count). The van der Waals surface area contributed by atoms with Gasteiger partial charge in [-0.25, -0.2) is 9.78 Å². The molecule has 0 aliphatic heterocycles. The SMILES string of the molecule is Cc1cccc(-c2nc(CO[C@H]3CCC[C@@H](OCC(OCc4ccccc4C(F)(F)F)C(=O)O)C3)c(C)o2)c1.FC(F)(F)c1ccccc1CBr. The van der Waals surface area contributed by atoms with Crippen molar-refractivity contribution < 1.29 is 54.9 Å². The number of halogens is 7. The summed E-state index contributed by atoms with van der Waals surface area (Å²) in [7, 11) is 0. The summed E-state index contributed by atoms with van der Waals surface area (Å²) in [5, 5.41) is 9.75. The van der Waals surface area contributed by atoms with E-state index in [9.17, 15) is 36.2 Å². The first-order valence-electron chi connectivity index (χ1n) is 16.1. The van der Waals surface area contributed by atoms with Crippen LogP contribution >= 0.6 is 15.9 Å². The van der Waals surface area contributed by atoms with Crippen molar-refractivity contribution in [2.45, 2.75) is 88.7 Å². The molecule has 14 heteroatoms. The highest BCUT2D eigenvalue weighted by molar-refractivity contribution is 9.08. The Balaban J connectivity index is 0.000000411. The number of aliphatic carboxylic acids is 1. The molecule has 3 aromatic carbocycles. The Bertz CT molecular complexity index is 1730. The lowest BCUT2D eigenvalue weighted by Crippen LogP contribution is -2.34. The number of aromatic nitrogens is 1. The second-order valence-corrected chi connectivity index (χ2v) is 12.6. The van der Waals surface area contributed by atoms with Crippen molar-refractivity contribution >= 4 is 21.9 Å². The summed E-state index contributed by atoms with van der Waals surface area (Å²) >= 11 is 3.00. The number of hydrogen-bond acceptors (Lipinski definition) is 6. The molecule has 1 aliphatic rings. The first kappa shape index (κ1) is 40.1. The van der Waals surface area contributed by atoms with Crippen LogP contribution in [-0.4, -0.2) is 41.0 Å². The Morgan fingerprint density at radius 3 is 2.08 bits per heavy atom. The number of carboxylic acid groups (broad SMARTS) is 1. The maximum Gasteiger partial charge on any atom is 0.416 e. The molecule has 0 saturated heterocycles. The van der Waals surface area contributed by atoms with E-state index in [-0.39, 0.29) is 41.9 Å². The van der Waals surface area contributed by atoms with Gasteiger partial charge in [0.15, 0.2) is 6.10 Å². The largest absolute Gasteiger partial charge is 0.479 e. The molecule has 51 heavy (non-hydrogen) atoms. The highest BCUT2D eigenvalue weighted by Crippen LogP contribution is 2.34. The van der Waals surface area contributed by atoms with E-state index in [1.165, 1.54) is 30.3 Å². The van der Waals surface area contributed by atoms with Crippen LogP contribution in [0.25, 0.3) is 11.5 Å². The molecule has 1 unspecified atom stereocenters. The quantitative estimate of drug-likeness (QED) is 0.113. The van der Waals surface area contributed by atoms with Crippen LogP contribution in [-0.2, 0) is 49.9 Å². The van der Waals surface area contributed by atoms with Crippen molar-refractivity contribution in [3.63, 3.8) is 0 Å². The highest BCUT2D eigenvalue weighted by atomic mass is 79.9. The zero-order valence-electron chi connectivity index (χ0n) is 27.9. The van der Waals surface area contributed by atoms with E-state index < -0.39 is 42.2 Å². The van der Waals surface area contributed by atoms with E-state index in [1.54, 1.807) is 6.07 Å². The lowest BCUT2D eigenvalue weighted by atomic mass is 9.95. The summed E-state index contributed by atoms with van der Waals surface area (Å²) in [4.78, 5) is 16.3. The third-order valence-electron chi connectivity index (χ3n) is 8.18. The second-order valence-electron chi connectivity index (χ2n) is 12.0. The molecule has 1 heterocycles. The molecule has 1 aromatic heterocycles. The molecule has 1 fully saturated rings. The normalized spacial score (nSPS) is 17.0.